The summed E-state index contributed by atoms with van der Waals surface area (Å²) in [6.07, 6.45) is 0. The number of primary amides is 1. The number of hydrogen-bond acceptors (Lipinski definition) is 5. The van der Waals surface area contributed by atoms with Crippen LogP contribution in [0.25, 0.3) is 0 Å². The van der Waals surface area contributed by atoms with Crippen LogP contribution in [0.1, 0.15) is 34.2 Å². The Morgan fingerprint density at radius 2 is 2.00 bits per heavy atom. The van der Waals surface area contributed by atoms with Gasteiger partial charge in [-0.2, -0.15) is 0 Å². The molecule has 1 aliphatic heterocycles. The van der Waals surface area contributed by atoms with Crippen LogP contribution in [0.15, 0.2) is 0 Å². The van der Waals surface area contributed by atoms with E-state index in [0.717, 1.165) is 17.2 Å². The van der Waals surface area contributed by atoms with E-state index in [0.29, 0.717) is 24.0 Å². The molecule has 6 nitrogen and oxygen atoms in total. The lowest BCUT2D eigenvalue weighted by Crippen LogP contribution is -2.60. The second kappa shape index (κ2) is 6.11. The molecule has 2 amide bonds. The predicted molar refractivity (Wildman–Crippen MR) is 82.3 cm³/mol. The van der Waals surface area contributed by atoms with E-state index in [1.54, 1.807) is 4.90 Å². The van der Waals surface area contributed by atoms with Crippen molar-refractivity contribution >= 4 is 23.2 Å². The fraction of sp³-hybridized carbons (Fsp3) is 0.643. The van der Waals surface area contributed by atoms with Gasteiger partial charge in [0.05, 0.1) is 10.7 Å². The Morgan fingerprint density at radius 1 is 1.33 bits per heavy atom. The minimum atomic E-state index is -0.574. The van der Waals surface area contributed by atoms with Gasteiger partial charge in [-0.3, -0.25) is 14.5 Å². The third-order valence-electron chi connectivity index (χ3n) is 3.83. The van der Waals surface area contributed by atoms with Crippen LogP contribution < -0.4 is 5.73 Å². The molecule has 116 valence electrons. The first-order chi connectivity index (χ1) is 9.81. The number of nitrogens with two attached hydrogens (primary N) is 1. The van der Waals surface area contributed by atoms with Gasteiger partial charge < -0.3 is 10.6 Å². The van der Waals surface area contributed by atoms with E-state index in [1.807, 2.05) is 13.8 Å². The first-order valence-electron chi connectivity index (χ1n) is 7.09. The topological polar surface area (TPSA) is 79.5 Å². The number of aromatic nitrogens is 1. The van der Waals surface area contributed by atoms with Gasteiger partial charge in [0.15, 0.2) is 0 Å². The molecule has 2 heterocycles. The van der Waals surface area contributed by atoms with Gasteiger partial charge in [-0.1, -0.05) is 0 Å². The van der Waals surface area contributed by atoms with Crippen LogP contribution in [0.5, 0.6) is 0 Å². The standard InChI is InChI=1S/C14H22N4O2S/c1-8(2)17-5-6-18(11(7-17)13(15)19)14(20)12-9(3)16-10(4)21-12/h8,11H,5-7H2,1-4H3,(H2,15,19). The number of carbonyl (C=O) groups is 2. The van der Waals surface area contributed by atoms with Crippen LogP contribution in [0, 0.1) is 13.8 Å². The molecule has 1 atom stereocenters. The highest BCUT2D eigenvalue weighted by Gasteiger charge is 2.36. The van der Waals surface area contributed by atoms with E-state index >= 15 is 0 Å². The molecule has 1 fully saturated rings. The zero-order valence-corrected chi connectivity index (χ0v) is 13.7. The van der Waals surface area contributed by atoms with Crippen molar-refractivity contribution in [1.82, 2.24) is 14.8 Å². The van der Waals surface area contributed by atoms with Gasteiger partial charge in [0.2, 0.25) is 5.91 Å². The Hall–Kier alpha value is -1.47. The molecular weight excluding hydrogens is 288 g/mol. The van der Waals surface area contributed by atoms with Crippen molar-refractivity contribution < 1.29 is 9.59 Å². The lowest BCUT2D eigenvalue weighted by atomic mass is 10.1. The Kier molecular flexibility index (Phi) is 4.63. The van der Waals surface area contributed by atoms with Crippen molar-refractivity contribution in [2.45, 2.75) is 39.8 Å². The second-order valence-electron chi connectivity index (χ2n) is 5.65. The summed E-state index contributed by atoms with van der Waals surface area (Å²) in [4.78, 5) is 33.1. The number of carbonyl (C=O) groups excluding carboxylic acids is 2. The highest BCUT2D eigenvalue weighted by molar-refractivity contribution is 7.13. The van der Waals surface area contributed by atoms with Gasteiger partial charge >= 0.3 is 0 Å². The maximum Gasteiger partial charge on any atom is 0.266 e. The van der Waals surface area contributed by atoms with E-state index in [-0.39, 0.29) is 5.91 Å². The van der Waals surface area contributed by atoms with Crippen LogP contribution in [0.4, 0.5) is 0 Å². The molecule has 0 aromatic carbocycles. The van der Waals surface area contributed by atoms with Crippen molar-refractivity contribution in [1.29, 1.82) is 0 Å². The van der Waals surface area contributed by atoms with Crippen LogP contribution in [-0.4, -0.2) is 58.3 Å². The number of hydrogen-bond donors (Lipinski definition) is 1. The molecule has 1 aromatic rings. The summed E-state index contributed by atoms with van der Waals surface area (Å²) >= 11 is 1.37. The summed E-state index contributed by atoms with van der Waals surface area (Å²) in [5.41, 5.74) is 6.23. The molecule has 1 unspecified atom stereocenters. The number of thiazole rings is 1. The van der Waals surface area contributed by atoms with Gasteiger partial charge in [-0.05, 0) is 27.7 Å². The minimum absolute atomic E-state index is 0.134. The Balaban J connectivity index is 2.23. The largest absolute Gasteiger partial charge is 0.368 e. The monoisotopic (exact) mass is 310 g/mol. The smallest absolute Gasteiger partial charge is 0.266 e. The summed E-state index contributed by atoms with van der Waals surface area (Å²) in [7, 11) is 0. The molecule has 0 aliphatic carbocycles. The lowest BCUT2D eigenvalue weighted by Gasteiger charge is -2.41. The fourth-order valence-electron chi connectivity index (χ4n) is 2.62. The van der Waals surface area contributed by atoms with Crippen molar-refractivity contribution in [3.63, 3.8) is 0 Å². The van der Waals surface area contributed by atoms with E-state index in [2.05, 4.69) is 23.7 Å². The third-order valence-corrected chi connectivity index (χ3v) is 4.89. The first-order valence-corrected chi connectivity index (χ1v) is 7.91. The van der Waals surface area contributed by atoms with Gasteiger partial charge in [-0.15, -0.1) is 11.3 Å². The molecule has 0 bridgehead atoms. The number of piperazine rings is 1. The summed E-state index contributed by atoms with van der Waals surface area (Å²) in [5, 5.41) is 0.854. The summed E-state index contributed by atoms with van der Waals surface area (Å²) in [5.74, 6) is -0.585. The van der Waals surface area contributed by atoms with Crippen LogP contribution in [-0.2, 0) is 4.79 Å². The predicted octanol–water partition coefficient (Wildman–Crippen LogP) is 0.780. The van der Waals surface area contributed by atoms with E-state index in [9.17, 15) is 9.59 Å². The average Bonchev–Trinajstić information content (AvgIpc) is 2.76. The van der Waals surface area contributed by atoms with Crippen molar-refractivity contribution in [3.8, 4) is 0 Å². The van der Waals surface area contributed by atoms with Gasteiger partial charge in [-0.25, -0.2) is 4.98 Å². The molecule has 2 N–H and O–H groups in total. The van der Waals surface area contributed by atoms with Crippen LogP contribution >= 0.6 is 11.3 Å². The molecule has 2 rings (SSSR count). The molecule has 1 aliphatic rings. The van der Waals surface area contributed by atoms with Crippen molar-refractivity contribution in [2.24, 2.45) is 5.73 Å². The lowest BCUT2D eigenvalue weighted by molar-refractivity contribution is -0.124. The SMILES string of the molecule is Cc1nc(C)c(C(=O)N2CCN(C(C)C)CC2C(N)=O)s1. The highest BCUT2D eigenvalue weighted by atomic mass is 32.1. The number of nitrogens with zero attached hydrogens (tertiary/aromatic N) is 3. The van der Waals surface area contributed by atoms with Crippen LogP contribution in [0.2, 0.25) is 0 Å². The summed E-state index contributed by atoms with van der Waals surface area (Å²) in [6, 6.07) is -0.244. The second-order valence-corrected chi connectivity index (χ2v) is 6.86. The Morgan fingerprint density at radius 3 is 2.48 bits per heavy atom. The molecule has 1 saturated heterocycles. The Bertz CT molecular complexity index is 555. The zero-order chi connectivity index (χ0) is 15.7. The minimum Gasteiger partial charge on any atom is -0.368 e. The van der Waals surface area contributed by atoms with E-state index < -0.39 is 11.9 Å². The van der Waals surface area contributed by atoms with Gasteiger partial charge in [0.1, 0.15) is 10.9 Å². The van der Waals surface area contributed by atoms with Crippen molar-refractivity contribution in [2.75, 3.05) is 19.6 Å². The number of rotatable bonds is 3. The average molecular weight is 310 g/mol. The molecule has 0 saturated carbocycles. The van der Waals surface area contributed by atoms with Gasteiger partial charge in [0.25, 0.3) is 5.91 Å². The molecular formula is C14H22N4O2S. The fourth-order valence-corrected chi connectivity index (χ4v) is 3.50. The van der Waals surface area contributed by atoms with Crippen LogP contribution in [0.3, 0.4) is 0 Å². The van der Waals surface area contributed by atoms with E-state index in [4.69, 9.17) is 5.73 Å². The molecule has 0 spiro atoms. The zero-order valence-electron chi connectivity index (χ0n) is 12.9. The normalized spacial score (nSPS) is 20.0. The quantitative estimate of drug-likeness (QED) is 0.895. The Labute approximate surface area is 128 Å². The summed E-state index contributed by atoms with van der Waals surface area (Å²) in [6.45, 7) is 9.61. The number of aryl methyl sites for hydroxylation is 2. The van der Waals surface area contributed by atoms with E-state index in [1.165, 1.54) is 11.3 Å². The maximum atomic E-state index is 12.7. The number of amides is 2. The third kappa shape index (κ3) is 3.24. The van der Waals surface area contributed by atoms with Gasteiger partial charge in [0, 0.05) is 25.7 Å². The molecule has 7 heteroatoms. The molecule has 0 radical (unpaired) electrons. The first kappa shape index (κ1) is 15.9. The summed E-state index contributed by atoms with van der Waals surface area (Å²) < 4.78 is 0. The molecule has 1 aromatic heterocycles. The molecule has 21 heavy (non-hydrogen) atoms. The van der Waals surface area contributed by atoms with Crippen molar-refractivity contribution in [3.05, 3.63) is 15.6 Å². The highest BCUT2D eigenvalue weighted by Crippen LogP contribution is 2.22. The maximum absolute atomic E-state index is 12.7.